The van der Waals surface area contributed by atoms with E-state index in [0.717, 1.165) is 76.5 Å². The second kappa shape index (κ2) is 19.4. The normalized spacial score (nSPS) is 19.5. The van der Waals surface area contributed by atoms with Gasteiger partial charge in [-0.3, -0.25) is 4.90 Å². The van der Waals surface area contributed by atoms with Crippen LogP contribution in [0.2, 0.25) is 0 Å². The third-order valence-electron chi connectivity index (χ3n) is 11.3. The van der Waals surface area contributed by atoms with Crippen molar-refractivity contribution in [2.24, 2.45) is 5.92 Å². The average Bonchev–Trinajstić information content (AvgIpc) is 3.28. The maximum absolute atomic E-state index is 12.9. The van der Waals surface area contributed by atoms with Gasteiger partial charge in [-0.05, 0) is 69.1 Å². The number of nitrogens with one attached hydrogen (secondary N) is 2. The van der Waals surface area contributed by atoms with E-state index >= 15 is 0 Å². The van der Waals surface area contributed by atoms with Gasteiger partial charge < -0.3 is 39.4 Å². The number of fused-ring (bicyclic) bond motifs is 1. The van der Waals surface area contributed by atoms with Crippen molar-refractivity contribution in [3.05, 3.63) is 154 Å². The summed E-state index contributed by atoms with van der Waals surface area (Å²) < 4.78 is 29.7. The first-order valence-corrected chi connectivity index (χ1v) is 20.1. The number of methoxy groups -OCH3 is 3. The molecule has 0 saturated carbocycles. The summed E-state index contributed by atoms with van der Waals surface area (Å²) in [6.45, 7) is 4.84. The van der Waals surface area contributed by atoms with E-state index in [9.17, 15) is 14.7 Å². The lowest BCUT2D eigenvalue weighted by Gasteiger charge is -2.43. The highest BCUT2D eigenvalue weighted by Gasteiger charge is 2.39. The number of aliphatic hydroxyl groups excluding tert-OH is 1. The van der Waals surface area contributed by atoms with Gasteiger partial charge in [-0.15, -0.1) is 0 Å². The Morgan fingerprint density at radius 2 is 1.47 bits per heavy atom. The number of urea groups is 1. The number of esters is 1. The average molecular weight is 800 g/mol. The summed E-state index contributed by atoms with van der Waals surface area (Å²) in [5, 5.41) is 15.3. The summed E-state index contributed by atoms with van der Waals surface area (Å²) >= 11 is 0. The summed E-state index contributed by atoms with van der Waals surface area (Å²) in [5.74, 6) is 1.02. The predicted molar refractivity (Wildman–Crippen MR) is 225 cm³/mol. The molecular formula is C48H53N3O8. The zero-order valence-electron chi connectivity index (χ0n) is 34.1. The Hall–Kier alpha value is -5.72. The monoisotopic (exact) mass is 799 g/mol. The third-order valence-corrected chi connectivity index (χ3v) is 11.3. The topological polar surface area (TPSA) is 128 Å². The number of amides is 2. The van der Waals surface area contributed by atoms with E-state index in [-0.39, 0.29) is 31.3 Å². The molecule has 5 aromatic carbocycles. The molecule has 7 rings (SSSR count). The molecule has 1 fully saturated rings. The smallest absolute Gasteiger partial charge is 0.328 e. The van der Waals surface area contributed by atoms with Crippen LogP contribution in [-0.4, -0.2) is 68.6 Å². The minimum atomic E-state index is -0.818. The maximum Gasteiger partial charge on any atom is 0.328 e. The summed E-state index contributed by atoms with van der Waals surface area (Å²) in [5.41, 5.74) is 9.12. The minimum Gasteiger partial charge on any atom is -0.493 e. The molecule has 0 aromatic heterocycles. The molecule has 2 aliphatic heterocycles. The third kappa shape index (κ3) is 10.1. The summed E-state index contributed by atoms with van der Waals surface area (Å²) in [4.78, 5) is 27.8. The first-order chi connectivity index (χ1) is 28.7. The molecular weight excluding hydrogens is 747 g/mol. The number of hydrogen-bond donors (Lipinski definition) is 3. The van der Waals surface area contributed by atoms with Gasteiger partial charge in [-0.2, -0.15) is 0 Å². The van der Waals surface area contributed by atoms with Gasteiger partial charge >= 0.3 is 12.0 Å². The molecule has 0 aliphatic carbocycles. The SMILES string of the molecule is COC(=O)[C@H](Cc1ccccc1)NC(=O)NCc1cccc(-c2ccc([C@@H]3O[C@H](CN4CCc5cc(OC)c(OC)cc5C4)[C@H](C)[C@H](c4ccc(CO)cc4)O3)cc2)c1. The van der Waals surface area contributed by atoms with Crippen molar-refractivity contribution in [3.63, 3.8) is 0 Å². The standard InChI is InChI=1S/C48H53N3O8/c1-31-44(29-51-22-21-39-25-42(55-2)43(56-3)26-40(39)28-51)58-47(59-45(31)36-15-13-33(30-52)14-16-36)37-19-17-35(18-20-37)38-12-8-11-34(23-38)27-49-48(54)50-41(46(53)57-4)24-32-9-6-5-7-10-32/h5-20,23,25-26,31,41,44-45,47,52H,21-22,24,27-30H2,1-4H3,(H2,49,50,54)/t31-,41-,44+,45+,47+/m0/s1. The maximum atomic E-state index is 12.9. The molecule has 2 aliphatic rings. The molecule has 2 heterocycles. The van der Waals surface area contributed by atoms with Crippen molar-refractivity contribution in [3.8, 4) is 22.6 Å². The molecule has 11 heteroatoms. The molecule has 2 amide bonds. The van der Waals surface area contributed by atoms with Gasteiger partial charge in [0.1, 0.15) is 6.04 Å². The van der Waals surface area contributed by atoms with Crippen LogP contribution in [0.1, 0.15) is 58.3 Å². The number of aliphatic hydroxyl groups is 1. The van der Waals surface area contributed by atoms with Gasteiger partial charge in [0, 0.05) is 44.1 Å². The van der Waals surface area contributed by atoms with Crippen LogP contribution in [0.25, 0.3) is 11.1 Å². The van der Waals surface area contributed by atoms with Crippen LogP contribution in [0.3, 0.4) is 0 Å². The minimum absolute atomic E-state index is 0.0173. The molecule has 11 nitrogen and oxygen atoms in total. The van der Waals surface area contributed by atoms with Crippen LogP contribution in [0.5, 0.6) is 11.5 Å². The van der Waals surface area contributed by atoms with Crippen molar-refractivity contribution in [2.75, 3.05) is 34.4 Å². The predicted octanol–water partition coefficient (Wildman–Crippen LogP) is 7.30. The van der Waals surface area contributed by atoms with Crippen molar-refractivity contribution >= 4 is 12.0 Å². The number of carbonyl (C=O) groups excluding carboxylic acids is 2. The van der Waals surface area contributed by atoms with Gasteiger partial charge in [0.05, 0.1) is 40.1 Å². The Morgan fingerprint density at radius 3 is 2.17 bits per heavy atom. The van der Waals surface area contributed by atoms with Crippen LogP contribution in [-0.2, 0) is 51.5 Å². The highest BCUT2D eigenvalue weighted by atomic mass is 16.7. The number of hydrogen-bond acceptors (Lipinski definition) is 9. The van der Waals surface area contributed by atoms with Gasteiger partial charge in [0.25, 0.3) is 0 Å². The summed E-state index contributed by atoms with van der Waals surface area (Å²) in [7, 11) is 4.65. The fraction of sp³-hybridized carbons (Fsp3) is 0.333. The fourth-order valence-electron chi connectivity index (χ4n) is 7.95. The molecule has 0 unspecified atom stereocenters. The van der Waals surface area contributed by atoms with Crippen LogP contribution < -0.4 is 20.1 Å². The zero-order chi connectivity index (χ0) is 41.3. The molecule has 0 radical (unpaired) electrons. The molecule has 1 saturated heterocycles. The second-order valence-corrected chi connectivity index (χ2v) is 15.2. The Kier molecular flexibility index (Phi) is 13.6. The van der Waals surface area contributed by atoms with Crippen LogP contribution >= 0.6 is 0 Å². The molecule has 3 N–H and O–H groups in total. The van der Waals surface area contributed by atoms with E-state index < -0.39 is 24.3 Å². The van der Waals surface area contributed by atoms with E-state index in [4.69, 9.17) is 23.7 Å². The summed E-state index contributed by atoms with van der Waals surface area (Å²) in [6, 6.07) is 36.6. The van der Waals surface area contributed by atoms with E-state index in [0.29, 0.717) is 6.42 Å². The first kappa shape index (κ1) is 41.4. The van der Waals surface area contributed by atoms with E-state index in [2.05, 4.69) is 46.7 Å². The lowest BCUT2D eigenvalue weighted by atomic mass is 9.89. The Bertz CT molecular complexity index is 2180. The highest BCUT2D eigenvalue weighted by molar-refractivity contribution is 5.83. The lowest BCUT2D eigenvalue weighted by molar-refractivity contribution is -0.276. The Labute approximate surface area is 346 Å². The van der Waals surface area contributed by atoms with Crippen molar-refractivity contribution in [1.29, 1.82) is 0 Å². The number of carbonyl (C=O) groups is 2. The lowest BCUT2D eigenvalue weighted by Crippen LogP contribution is -2.47. The van der Waals surface area contributed by atoms with Gasteiger partial charge in [0.15, 0.2) is 17.8 Å². The largest absolute Gasteiger partial charge is 0.493 e. The number of nitrogens with zero attached hydrogens (tertiary/aromatic N) is 1. The number of ether oxygens (including phenoxy) is 5. The number of benzene rings is 5. The van der Waals surface area contributed by atoms with E-state index in [1.54, 1.807) is 14.2 Å². The van der Waals surface area contributed by atoms with Crippen molar-refractivity contribution < 1.29 is 38.4 Å². The second-order valence-electron chi connectivity index (χ2n) is 15.2. The molecule has 5 aromatic rings. The molecule has 0 spiro atoms. The molecule has 5 atom stereocenters. The van der Waals surface area contributed by atoms with Gasteiger partial charge in [0.2, 0.25) is 0 Å². The Morgan fingerprint density at radius 1 is 0.780 bits per heavy atom. The molecule has 308 valence electrons. The molecule has 0 bridgehead atoms. The first-order valence-electron chi connectivity index (χ1n) is 20.1. The van der Waals surface area contributed by atoms with Crippen LogP contribution in [0.15, 0.2) is 115 Å². The van der Waals surface area contributed by atoms with Gasteiger partial charge in [-0.25, -0.2) is 9.59 Å². The highest BCUT2D eigenvalue weighted by Crippen LogP contribution is 2.43. The zero-order valence-corrected chi connectivity index (χ0v) is 34.1. The quantitative estimate of drug-likeness (QED) is 0.0993. The van der Waals surface area contributed by atoms with Crippen LogP contribution in [0.4, 0.5) is 4.79 Å². The van der Waals surface area contributed by atoms with Crippen molar-refractivity contribution in [1.82, 2.24) is 15.5 Å². The summed E-state index contributed by atoms with van der Waals surface area (Å²) in [6.07, 6.45) is 0.273. The molecule has 59 heavy (non-hydrogen) atoms. The van der Waals surface area contributed by atoms with Crippen molar-refractivity contribution in [2.45, 2.75) is 64.0 Å². The van der Waals surface area contributed by atoms with E-state index in [1.807, 2.05) is 91.0 Å². The Balaban J connectivity index is 1.03. The van der Waals surface area contributed by atoms with Gasteiger partial charge in [-0.1, -0.05) is 104 Å². The van der Waals surface area contributed by atoms with Crippen LogP contribution in [0, 0.1) is 5.92 Å². The van der Waals surface area contributed by atoms with E-state index in [1.165, 1.54) is 18.2 Å². The fourth-order valence-corrected chi connectivity index (χ4v) is 7.95. The number of rotatable bonds is 14.